The van der Waals surface area contributed by atoms with Gasteiger partial charge < -0.3 is 21.2 Å². The fraction of sp³-hybridized carbons (Fsp3) is 0.706. The standard InChI is InChI=1S/C17H28N4O3/c1-17(2,3)24-16(23)20-9-12(8-18)21-15(22)14(19)13(10-4-5-10)11-6-7-11/h8-11,13-14,18H,4-7,19H2,1-3H3,(H,20,23)(H,21,22)/b12-9+,18-8?/t14-/m0/s1. The molecule has 2 saturated carbocycles. The molecular formula is C17H28N4O3. The predicted octanol–water partition coefficient (Wildman–Crippen LogP) is 1.88. The molecule has 0 aromatic heterocycles. The van der Waals surface area contributed by atoms with E-state index in [0.717, 1.165) is 31.9 Å². The normalized spacial score (nSPS) is 19.6. The van der Waals surface area contributed by atoms with Gasteiger partial charge in [0.15, 0.2) is 0 Å². The van der Waals surface area contributed by atoms with Crippen molar-refractivity contribution in [3.8, 4) is 0 Å². The Morgan fingerprint density at radius 1 is 1.21 bits per heavy atom. The van der Waals surface area contributed by atoms with E-state index in [1.165, 1.54) is 6.20 Å². The number of rotatable bonds is 7. The lowest BCUT2D eigenvalue weighted by molar-refractivity contribution is -0.123. The van der Waals surface area contributed by atoms with Crippen molar-refractivity contribution in [3.05, 3.63) is 11.9 Å². The average Bonchev–Trinajstić information content (AvgIpc) is 3.34. The molecule has 134 valence electrons. The van der Waals surface area contributed by atoms with E-state index in [1.807, 2.05) is 0 Å². The van der Waals surface area contributed by atoms with Gasteiger partial charge in [0.2, 0.25) is 5.91 Å². The molecule has 2 aliphatic carbocycles. The molecule has 0 aliphatic heterocycles. The van der Waals surface area contributed by atoms with Gasteiger partial charge in [-0.15, -0.1) is 0 Å². The second-order valence-corrected chi connectivity index (χ2v) is 7.66. The molecule has 0 aromatic rings. The Morgan fingerprint density at radius 2 is 1.75 bits per heavy atom. The van der Waals surface area contributed by atoms with E-state index in [2.05, 4.69) is 10.6 Å². The van der Waals surface area contributed by atoms with Crippen molar-refractivity contribution in [3.63, 3.8) is 0 Å². The molecule has 2 aliphatic rings. The fourth-order valence-corrected chi connectivity index (χ4v) is 2.89. The summed E-state index contributed by atoms with van der Waals surface area (Å²) in [5.74, 6) is 1.05. The molecule has 0 radical (unpaired) electrons. The third kappa shape index (κ3) is 5.63. The lowest BCUT2D eigenvalue weighted by Crippen LogP contribution is -2.47. The third-order valence-corrected chi connectivity index (χ3v) is 4.22. The lowest BCUT2D eigenvalue weighted by Gasteiger charge is -2.23. The van der Waals surface area contributed by atoms with E-state index < -0.39 is 17.7 Å². The summed E-state index contributed by atoms with van der Waals surface area (Å²) in [5, 5.41) is 12.4. The highest BCUT2D eigenvalue weighted by Gasteiger charge is 2.46. The van der Waals surface area contributed by atoms with Crippen LogP contribution in [0.3, 0.4) is 0 Å². The summed E-state index contributed by atoms with van der Waals surface area (Å²) in [4.78, 5) is 24.0. The SMILES string of the molecule is CC(C)(C)OC(=O)N/C=C(\C=N)NC(=O)[C@@H](N)C(C1CC1)C1CC1. The number of hydrogen-bond acceptors (Lipinski definition) is 5. The summed E-state index contributed by atoms with van der Waals surface area (Å²) in [7, 11) is 0. The molecule has 5 N–H and O–H groups in total. The second-order valence-electron chi connectivity index (χ2n) is 7.66. The molecule has 0 bridgehead atoms. The highest BCUT2D eigenvalue weighted by atomic mass is 16.6. The molecule has 2 rings (SSSR count). The van der Waals surface area contributed by atoms with E-state index in [-0.39, 0.29) is 17.5 Å². The number of alkyl carbamates (subject to hydrolysis) is 1. The van der Waals surface area contributed by atoms with Crippen LogP contribution < -0.4 is 16.4 Å². The van der Waals surface area contributed by atoms with Gasteiger partial charge in [-0.2, -0.15) is 0 Å². The monoisotopic (exact) mass is 336 g/mol. The van der Waals surface area contributed by atoms with Crippen LogP contribution in [0.1, 0.15) is 46.5 Å². The molecule has 7 heteroatoms. The van der Waals surface area contributed by atoms with E-state index in [0.29, 0.717) is 11.8 Å². The van der Waals surface area contributed by atoms with E-state index in [4.69, 9.17) is 15.9 Å². The van der Waals surface area contributed by atoms with Crippen LogP contribution >= 0.6 is 0 Å². The van der Waals surface area contributed by atoms with Gasteiger partial charge >= 0.3 is 6.09 Å². The summed E-state index contributed by atoms with van der Waals surface area (Å²) >= 11 is 0. The first kappa shape index (κ1) is 18.4. The average molecular weight is 336 g/mol. The van der Waals surface area contributed by atoms with E-state index in [9.17, 15) is 9.59 Å². The van der Waals surface area contributed by atoms with Crippen molar-refractivity contribution in [2.24, 2.45) is 23.5 Å². The van der Waals surface area contributed by atoms with Gasteiger partial charge in [0.1, 0.15) is 5.60 Å². The van der Waals surface area contributed by atoms with Gasteiger partial charge in [-0.3, -0.25) is 10.1 Å². The maximum absolute atomic E-state index is 12.4. The van der Waals surface area contributed by atoms with Crippen molar-refractivity contribution < 1.29 is 14.3 Å². The Labute approximate surface area is 142 Å². The minimum Gasteiger partial charge on any atom is -0.444 e. The van der Waals surface area contributed by atoms with E-state index >= 15 is 0 Å². The predicted molar refractivity (Wildman–Crippen MR) is 91.3 cm³/mol. The zero-order valence-corrected chi connectivity index (χ0v) is 14.6. The topological polar surface area (TPSA) is 117 Å². The number of nitrogens with one attached hydrogen (secondary N) is 3. The number of nitrogens with two attached hydrogens (primary N) is 1. The minimum atomic E-state index is -0.644. The van der Waals surface area contributed by atoms with Gasteiger partial charge in [-0.25, -0.2) is 4.79 Å². The molecule has 0 aromatic carbocycles. The molecule has 0 spiro atoms. The molecule has 24 heavy (non-hydrogen) atoms. The van der Waals surface area contributed by atoms with Gasteiger partial charge in [0, 0.05) is 12.4 Å². The number of allylic oxidation sites excluding steroid dienone is 1. The first-order valence-corrected chi connectivity index (χ1v) is 8.48. The van der Waals surface area contributed by atoms with Crippen molar-refractivity contribution in [1.82, 2.24) is 10.6 Å². The van der Waals surface area contributed by atoms with E-state index in [1.54, 1.807) is 20.8 Å². The van der Waals surface area contributed by atoms with Crippen molar-refractivity contribution in [1.29, 1.82) is 5.41 Å². The number of amides is 2. The molecule has 0 heterocycles. The lowest BCUT2D eigenvalue weighted by atomic mass is 9.89. The van der Waals surface area contributed by atoms with Crippen LogP contribution in [0.25, 0.3) is 0 Å². The summed E-state index contributed by atoms with van der Waals surface area (Å²) in [6, 6.07) is -0.574. The Bertz CT molecular complexity index is 518. The second kappa shape index (κ2) is 7.34. The smallest absolute Gasteiger partial charge is 0.411 e. The van der Waals surface area contributed by atoms with Gasteiger partial charge in [0.05, 0.1) is 11.7 Å². The number of ether oxygens (including phenoxy) is 1. The molecule has 0 saturated heterocycles. The molecular weight excluding hydrogens is 308 g/mol. The number of carbonyl (C=O) groups is 2. The first-order valence-electron chi connectivity index (χ1n) is 8.48. The van der Waals surface area contributed by atoms with Gasteiger partial charge in [-0.05, 0) is 64.2 Å². The summed E-state index contributed by atoms with van der Waals surface area (Å²) in [6.45, 7) is 5.26. The number of hydrogen-bond donors (Lipinski definition) is 4. The Hall–Kier alpha value is -1.89. The largest absolute Gasteiger partial charge is 0.444 e. The Kier molecular flexibility index (Phi) is 5.64. The van der Waals surface area contributed by atoms with Crippen LogP contribution in [0.5, 0.6) is 0 Å². The van der Waals surface area contributed by atoms with Crippen molar-refractivity contribution >= 4 is 18.2 Å². The molecule has 1 atom stereocenters. The zero-order valence-electron chi connectivity index (χ0n) is 14.6. The summed E-state index contributed by atoms with van der Waals surface area (Å²) < 4.78 is 5.10. The van der Waals surface area contributed by atoms with Crippen LogP contribution in [0, 0.1) is 23.2 Å². The summed E-state index contributed by atoms with van der Waals surface area (Å²) in [6.07, 6.45) is 6.16. The molecule has 2 fully saturated rings. The van der Waals surface area contributed by atoms with Crippen LogP contribution in [0.2, 0.25) is 0 Å². The maximum Gasteiger partial charge on any atom is 0.411 e. The molecule has 7 nitrogen and oxygen atoms in total. The third-order valence-electron chi connectivity index (χ3n) is 4.22. The van der Waals surface area contributed by atoms with Crippen LogP contribution in [0.4, 0.5) is 4.79 Å². The first-order chi connectivity index (χ1) is 11.2. The van der Waals surface area contributed by atoms with Crippen molar-refractivity contribution in [2.45, 2.75) is 58.1 Å². The fourth-order valence-electron chi connectivity index (χ4n) is 2.89. The van der Waals surface area contributed by atoms with Crippen LogP contribution in [0.15, 0.2) is 11.9 Å². The van der Waals surface area contributed by atoms with Crippen LogP contribution in [-0.4, -0.2) is 29.9 Å². The summed E-state index contributed by atoms with van der Waals surface area (Å²) in [5.41, 5.74) is 5.72. The minimum absolute atomic E-state index is 0.173. The Balaban J connectivity index is 1.88. The van der Waals surface area contributed by atoms with Crippen LogP contribution in [-0.2, 0) is 9.53 Å². The highest BCUT2D eigenvalue weighted by molar-refractivity contribution is 5.90. The Morgan fingerprint density at radius 3 is 2.17 bits per heavy atom. The zero-order chi connectivity index (χ0) is 17.9. The highest BCUT2D eigenvalue weighted by Crippen LogP contribution is 2.50. The number of carbonyl (C=O) groups excluding carboxylic acids is 2. The van der Waals surface area contributed by atoms with Gasteiger partial charge in [-0.1, -0.05) is 0 Å². The van der Waals surface area contributed by atoms with Gasteiger partial charge in [0.25, 0.3) is 0 Å². The quantitative estimate of drug-likeness (QED) is 0.531. The van der Waals surface area contributed by atoms with Crippen molar-refractivity contribution in [2.75, 3.05) is 0 Å². The molecule has 0 unspecified atom stereocenters. The molecule has 2 amide bonds. The maximum atomic E-state index is 12.4.